The third-order valence-electron chi connectivity index (χ3n) is 2.45. The minimum absolute atomic E-state index is 0.157. The monoisotopic (exact) mass is 254 g/mol. The van der Waals surface area contributed by atoms with Gasteiger partial charge in [0.1, 0.15) is 18.6 Å². The Morgan fingerprint density at radius 2 is 2.44 bits per heavy atom. The van der Waals surface area contributed by atoms with Gasteiger partial charge in [-0.15, -0.1) is 0 Å². The fourth-order valence-corrected chi connectivity index (χ4v) is 1.67. The summed E-state index contributed by atoms with van der Waals surface area (Å²) < 4.78 is 11.0. The normalized spacial score (nSPS) is 21.8. The lowest BCUT2D eigenvalue weighted by Crippen LogP contribution is -2.26. The molecule has 1 aromatic rings. The highest BCUT2D eigenvalue weighted by Crippen LogP contribution is 2.24. The van der Waals surface area contributed by atoms with E-state index >= 15 is 0 Å². The molecule has 1 fully saturated rings. The average molecular weight is 254 g/mol. The third kappa shape index (κ3) is 2.90. The van der Waals surface area contributed by atoms with E-state index in [1.165, 1.54) is 6.33 Å². The molecule has 1 aromatic heterocycles. The first-order chi connectivity index (χ1) is 8.48. The zero-order valence-corrected chi connectivity index (χ0v) is 10.1. The lowest BCUT2D eigenvalue weighted by Gasteiger charge is -2.17. The van der Waals surface area contributed by atoms with Crippen LogP contribution in [-0.4, -0.2) is 39.9 Å². The third-order valence-corrected chi connectivity index (χ3v) is 2.45. The van der Waals surface area contributed by atoms with Gasteiger partial charge >= 0.3 is 5.69 Å². The molecule has 2 heterocycles. The van der Waals surface area contributed by atoms with Gasteiger partial charge in [-0.2, -0.15) is 0 Å². The van der Waals surface area contributed by atoms with Gasteiger partial charge in [-0.1, -0.05) is 0 Å². The molecule has 0 amide bonds. The topological polar surface area (TPSA) is 99.4 Å². The molecule has 0 radical (unpaired) electrons. The van der Waals surface area contributed by atoms with Crippen molar-refractivity contribution in [1.82, 2.24) is 9.97 Å². The van der Waals surface area contributed by atoms with E-state index in [0.717, 1.165) is 6.20 Å². The van der Waals surface area contributed by atoms with E-state index in [2.05, 4.69) is 15.3 Å². The van der Waals surface area contributed by atoms with Gasteiger partial charge in [0, 0.05) is 6.54 Å². The second-order valence-electron chi connectivity index (χ2n) is 4.35. The molecule has 1 aliphatic rings. The summed E-state index contributed by atoms with van der Waals surface area (Å²) in [7, 11) is 0. The Morgan fingerprint density at radius 1 is 1.67 bits per heavy atom. The molecular formula is C10H14N4O4. The molecule has 0 spiro atoms. The predicted molar refractivity (Wildman–Crippen MR) is 62.1 cm³/mol. The highest BCUT2D eigenvalue weighted by atomic mass is 16.7. The first-order valence-corrected chi connectivity index (χ1v) is 5.48. The highest BCUT2D eigenvalue weighted by Gasteiger charge is 2.32. The van der Waals surface area contributed by atoms with Crippen LogP contribution in [0.3, 0.4) is 0 Å². The quantitative estimate of drug-likeness (QED) is 0.630. The summed E-state index contributed by atoms with van der Waals surface area (Å²) in [6, 6.07) is 0. The Balaban J connectivity index is 1.97. The van der Waals surface area contributed by atoms with Crippen LogP contribution in [0.4, 0.5) is 11.5 Å². The Kier molecular flexibility index (Phi) is 3.39. The van der Waals surface area contributed by atoms with Crippen molar-refractivity contribution in [1.29, 1.82) is 0 Å². The SMILES string of the molecule is CC1(C)OCC(CNc2ncncc2[N+](=O)[O-])O1. The Bertz CT molecular complexity index is 451. The maximum atomic E-state index is 10.8. The fourth-order valence-electron chi connectivity index (χ4n) is 1.67. The summed E-state index contributed by atoms with van der Waals surface area (Å²) in [6.45, 7) is 4.47. The van der Waals surface area contributed by atoms with Crippen LogP contribution in [0.5, 0.6) is 0 Å². The molecule has 0 aliphatic carbocycles. The number of anilines is 1. The molecule has 1 aliphatic heterocycles. The van der Waals surface area contributed by atoms with E-state index in [1.54, 1.807) is 0 Å². The van der Waals surface area contributed by atoms with Crippen LogP contribution in [0.2, 0.25) is 0 Å². The first-order valence-electron chi connectivity index (χ1n) is 5.48. The van der Waals surface area contributed by atoms with Crippen molar-refractivity contribution in [3.8, 4) is 0 Å². The number of ether oxygens (including phenoxy) is 2. The summed E-state index contributed by atoms with van der Waals surface area (Å²) >= 11 is 0. The van der Waals surface area contributed by atoms with E-state index in [4.69, 9.17) is 9.47 Å². The van der Waals surface area contributed by atoms with Crippen molar-refractivity contribution in [2.45, 2.75) is 25.7 Å². The number of aromatic nitrogens is 2. The van der Waals surface area contributed by atoms with Crippen molar-refractivity contribution in [2.75, 3.05) is 18.5 Å². The van der Waals surface area contributed by atoms with Gasteiger partial charge in [0.15, 0.2) is 5.79 Å². The molecular weight excluding hydrogens is 240 g/mol. The molecule has 1 atom stereocenters. The number of hydrogen-bond donors (Lipinski definition) is 1. The highest BCUT2D eigenvalue weighted by molar-refractivity contribution is 5.53. The van der Waals surface area contributed by atoms with Crippen LogP contribution in [0.1, 0.15) is 13.8 Å². The summed E-state index contributed by atoms with van der Waals surface area (Å²) in [6.07, 6.45) is 2.26. The van der Waals surface area contributed by atoms with Crippen LogP contribution in [-0.2, 0) is 9.47 Å². The second-order valence-corrected chi connectivity index (χ2v) is 4.35. The van der Waals surface area contributed by atoms with Gasteiger partial charge in [-0.05, 0) is 13.8 Å². The van der Waals surface area contributed by atoms with Crippen LogP contribution in [0.25, 0.3) is 0 Å². The van der Waals surface area contributed by atoms with Crippen molar-refractivity contribution in [3.05, 3.63) is 22.6 Å². The standard InChI is InChI=1S/C10H14N4O4/c1-10(2)17-5-7(18-10)3-12-9-8(14(15)16)4-11-6-13-9/h4,6-7H,3,5H2,1-2H3,(H,11,12,13). The zero-order chi connectivity index (χ0) is 13.2. The van der Waals surface area contributed by atoms with Gasteiger partial charge in [-0.3, -0.25) is 10.1 Å². The number of hydrogen-bond acceptors (Lipinski definition) is 7. The van der Waals surface area contributed by atoms with E-state index < -0.39 is 10.7 Å². The zero-order valence-electron chi connectivity index (χ0n) is 10.1. The van der Waals surface area contributed by atoms with E-state index in [9.17, 15) is 10.1 Å². The number of nitrogens with one attached hydrogen (secondary N) is 1. The molecule has 8 nitrogen and oxygen atoms in total. The predicted octanol–water partition coefficient (Wildman–Crippen LogP) is 0.948. The lowest BCUT2D eigenvalue weighted by molar-refractivity contribution is -0.384. The summed E-state index contributed by atoms with van der Waals surface area (Å²) in [5.74, 6) is -0.424. The van der Waals surface area contributed by atoms with E-state index in [1.807, 2.05) is 13.8 Å². The largest absolute Gasteiger partial charge is 0.362 e. The molecule has 1 unspecified atom stereocenters. The molecule has 8 heteroatoms. The lowest BCUT2D eigenvalue weighted by atomic mass is 10.3. The molecule has 2 rings (SSSR count). The molecule has 0 saturated carbocycles. The Hall–Kier alpha value is -1.80. The van der Waals surface area contributed by atoms with Gasteiger partial charge in [0.05, 0.1) is 11.5 Å². The van der Waals surface area contributed by atoms with Crippen molar-refractivity contribution in [3.63, 3.8) is 0 Å². The maximum Gasteiger partial charge on any atom is 0.329 e. The molecule has 0 bridgehead atoms. The van der Waals surface area contributed by atoms with E-state index in [0.29, 0.717) is 13.2 Å². The fraction of sp³-hybridized carbons (Fsp3) is 0.600. The van der Waals surface area contributed by atoms with E-state index in [-0.39, 0.29) is 17.6 Å². The molecule has 1 N–H and O–H groups in total. The Labute approximate surface area is 103 Å². The first kappa shape index (κ1) is 12.7. The number of nitro groups is 1. The number of rotatable bonds is 4. The average Bonchev–Trinajstić information content (AvgIpc) is 2.66. The van der Waals surface area contributed by atoms with Crippen LogP contribution in [0.15, 0.2) is 12.5 Å². The van der Waals surface area contributed by atoms with Crippen molar-refractivity contribution in [2.24, 2.45) is 0 Å². The molecule has 0 aromatic carbocycles. The van der Waals surface area contributed by atoms with Gasteiger partial charge in [0.2, 0.25) is 5.82 Å². The van der Waals surface area contributed by atoms with Gasteiger partial charge in [-0.25, -0.2) is 9.97 Å². The van der Waals surface area contributed by atoms with Gasteiger partial charge < -0.3 is 14.8 Å². The Morgan fingerprint density at radius 3 is 3.06 bits per heavy atom. The minimum atomic E-state index is -0.607. The molecule has 98 valence electrons. The summed E-state index contributed by atoms with van der Waals surface area (Å²) in [5, 5.41) is 13.6. The van der Waals surface area contributed by atoms with Crippen molar-refractivity contribution < 1.29 is 14.4 Å². The van der Waals surface area contributed by atoms with Crippen molar-refractivity contribution >= 4 is 11.5 Å². The van der Waals surface area contributed by atoms with Gasteiger partial charge in [0.25, 0.3) is 0 Å². The number of nitrogens with zero attached hydrogens (tertiary/aromatic N) is 3. The summed E-state index contributed by atoms with van der Waals surface area (Å²) in [5.41, 5.74) is -0.157. The minimum Gasteiger partial charge on any atom is -0.362 e. The molecule has 1 saturated heterocycles. The van der Waals surface area contributed by atoms with Crippen LogP contribution in [0, 0.1) is 10.1 Å². The molecule has 18 heavy (non-hydrogen) atoms. The maximum absolute atomic E-state index is 10.8. The second kappa shape index (κ2) is 4.83. The smallest absolute Gasteiger partial charge is 0.329 e. The summed E-state index contributed by atoms with van der Waals surface area (Å²) in [4.78, 5) is 17.7. The van der Waals surface area contributed by atoms with Crippen LogP contribution >= 0.6 is 0 Å². The van der Waals surface area contributed by atoms with Crippen LogP contribution < -0.4 is 5.32 Å².